The third-order valence-corrected chi connectivity index (χ3v) is 3.23. The van der Waals surface area contributed by atoms with E-state index in [1.54, 1.807) is 12.1 Å². The molecular formula is C13H19NO4S. The lowest BCUT2D eigenvalue weighted by Crippen LogP contribution is -2.28. The van der Waals surface area contributed by atoms with Gasteiger partial charge in [-0.1, -0.05) is 26.0 Å². The van der Waals surface area contributed by atoms with Crippen molar-refractivity contribution in [3.8, 4) is 0 Å². The summed E-state index contributed by atoms with van der Waals surface area (Å²) in [6.07, 6.45) is 0.949. The fourth-order valence-corrected chi connectivity index (χ4v) is 2.02. The van der Waals surface area contributed by atoms with Gasteiger partial charge in [0.25, 0.3) is 16.0 Å². The highest BCUT2D eigenvalue weighted by molar-refractivity contribution is 7.85. The third-order valence-electron chi connectivity index (χ3n) is 2.51. The van der Waals surface area contributed by atoms with Crippen LogP contribution < -0.4 is 5.32 Å². The average molecular weight is 285 g/mol. The summed E-state index contributed by atoms with van der Waals surface area (Å²) in [6, 6.07) is 7.19. The predicted molar refractivity (Wildman–Crippen MR) is 73.7 cm³/mol. The van der Waals surface area contributed by atoms with Crippen LogP contribution in [0.4, 0.5) is 0 Å². The number of rotatable bonds is 6. The van der Waals surface area contributed by atoms with Crippen molar-refractivity contribution in [1.29, 1.82) is 0 Å². The zero-order chi connectivity index (χ0) is 14.5. The molecule has 19 heavy (non-hydrogen) atoms. The lowest BCUT2D eigenvalue weighted by molar-refractivity contribution is 0.0956. The van der Waals surface area contributed by atoms with Crippen LogP contribution in [0.1, 0.15) is 29.8 Å². The van der Waals surface area contributed by atoms with Crippen molar-refractivity contribution in [3.63, 3.8) is 0 Å². The Bertz CT molecular complexity index is 520. The lowest BCUT2D eigenvalue weighted by atomic mass is 10.0. The van der Waals surface area contributed by atoms with Crippen LogP contribution in [-0.4, -0.2) is 31.2 Å². The van der Waals surface area contributed by atoms with Crippen LogP contribution >= 0.6 is 0 Å². The van der Waals surface area contributed by atoms with Crippen LogP contribution in [0.2, 0.25) is 0 Å². The highest BCUT2D eigenvalue weighted by Gasteiger charge is 2.08. The Morgan fingerprint density at radius 3 is 2.32 bits per heavy atom. The van der Waals surface area contributed by atoms with Crippen molar-refractivity contribution in [1.82, 2.24) is 5.32 Å². The van der Waals surface area contributed by atoms with Gasteiger partial charge in [-0.05, 0) is 30.0 Å². The zero-order valence-corrected chi connectivity index (χ0v) is 11.9. The molecule has 106 valence electrons. The molecule has 0 aromatic heterocycles. The molecule has 1 amide bonds. The van der Waals surface area contributed by atoms with Gasteiger partial charge in [-0.2, -0.15) is 8.42 Å². The summed E-state index contributed by atoms with van der Waals surface area (Å²) in [5.74, 6) is -0.279. The van der Waals surface area contributed by atoms with Gasteiger partial charge in [0, 0.05) is 12.1 Å². The molecule has 0 fully saturated rings. The van der Waals surface area contributed by atoms with E-state index in [9.17, 15) is 13.2 Å². The fraction of sp³-hybridized carbons (Fsp3) is 0.462. The van der Waals surface area contributed by atoms with E-state index in [2.05, 4.69) is 19.2 Å². The normalized spacial score (nSPS) is 11.6. The molecule has 0 radical (unpaired) electrons. The van der Waals surface area contributed by atoms with Gasteiger partial charge in [0.05, 0.1) is 5.75 Å². The second-order valence-electron chi connectivity index (χ2n) is 4.84. The first-order valence-corrected chi connectivity index (χ1v) is 7.71. The highest BCUT2D eigenvalue weighted by atomic mass is 32.2. The molecule has 2 N–H and O–H groups in total. The molecule has 0 aliphatic carbocycles. The summed E-state index contributed by atoms with van der Waals surface area (Å²) < 4.78 is 29.5. The summed E-state index contributed by atoms with van der Waals surface area (Å²) in [6.45, 7) is 4.14. The summed E-state index contributed by atoms with van der Waals surface area (Å²) in [7, 11) is -4.04. The molecule has 0 aliphatic heterocycles. The molecule has 0 spiro atoms. The van der Waals surface area contributed by atoms with Crippen LogP contribution in [0.25, 0.3) is 0 Å². The summed E-state index contributed by atoms with van der Waals surface area (Å²) >= 11 is 0. The minimum absolute atomic E-state index is 0.106. The third kappa shape index (κ3) is 6.35. The molecule has 6 heteroatoms. The Kier molecular flexibility index (Phi) is 5.50. The van der Waals surface area contributed by atoms with E-state index in [0.29, 0.717) is 11.5 Å². The van der Waals surface area contributed by atoms with Crippen molar-refractivity contribution in [3.05, 3.63) is 35.4 Å². The number of benzene rings is 1. The van der Waals surface area contributed by atoms with Crippen LogP contribution in [0.5, 0.6) is 0 Å². The molecule has 0 aliphatic rings. The summed E-state index contributed by atoms with van der Waals surface area (Å²) in [5.41, 5.74) is 1.63. The van der Waals surface area contributed by atoms with Gasteiger partial charge in [0.2, 0.25) is 0 Å². The Morgan fingerprint density at radius 2 is 1.84 bits per heavy atom. The largest absolute Gasteiger partial charge is 0.351 e. The van der Waals surface area contributed by atoms with Crippen LogP contribution in [0.15, 0.2) is 24.3 Å². The second-order valence-corrected chi connectivity index (χ2v) is 6.41. The molecule has 0 bridgehead atoms. The first-order chi connectivity index (χ1) is 8.78. The van der Waals surface area contributed by atoms with E-state index in [1.165, 1.54) is 0 Å². The quantitative estimate of drug-likeness (QED) is 0.776. The SMILES string of the molecule is CC(C)Cc1ccc(C(=O)NCCS(=O)(=O)O)cc1. The van der Waals surface area contributed by atoms with E-state index in [0.717, 1.165) is 12.0 Å². The second kappa shape index (κ2) is 6.68. The van der Waals surface area contributed by atoms with Crippen LogP contribution in [0, 0.1) is 5.92 Å². The maximum atomic E-state index is 11.7. The molecular weight excluding hydrogens is 266 g/mol. The maximum Gasteiger partial charge on any atom is 0.266 e. The number of amides is 1. The summed E-state index contributed by atoms with van der Waals surface area (Å²) in [4.78, 5) is 11.7. The predicted octanol–water partition coefficient (Wildman–Crippen LogP) is 1.50. The Morgan fingerprint density at radius 1 is 1.26 bits per heavy atom. The van der Waals surface area contributed by atoms with Crippen molar-refractivity contribution >= 4 is 16.0 Å². The lowest BCUT2D eigenvalue weighted by Gasteiger charge is -2.07. The molecule has 0 atom stereocenters. The standard InChI is InChI=1S/C13H19NO4S/c1-10(2)9-11-3-5-12(6-4-11)13(15)14-7-8-19(16,17)18/h3-6,10H,7-9H2,1-2H3,(H,14,15)(H,16,17,18). The fourth-order valence-electron chi connectivity index (χ4n) is 1.66. The first kappa shape index (κ1) is 15.7. The van der Waals surface area contributed by atoms with Crippen LogP contribution in [0.3, 0.4) is 0 Å². The van der Waals surface area contributed by atoms with Crippen molar-refractivity contribution in [2.45, 2.75) is 20.3 Å². The Balaban J connectivity index is 2.53. The van der Waals surface area contributed by atoms with Gasteiger partial charge in [0.1, 0.15) is 0 Å². The zero-order valence-electron chi connectivity index (χ0n) is 11.1. The summed E-state index contributed by atoms with van der Waals surface area (Å²) in [5, 5.41) is 2.44. The van der Waals surface area contributed by atoms with Crippen molar-refractivity contribution < 1.29 is 17.8 Å². The van der Waals surface area contributed by atoms with Gasteiger partial charge in [-0.25, -0.2) is 0 Å². The molecule has 1 rings (SSSR count). The van der Waals surface area contributed by atoms with E-state index in [-0.39, 0.29) is 12.5 Å². The van der Waals surface area contributed by atoms with E-state index in [1.807, 2.05) is 12.1 Å². The van der Waals surface area contributed by atoms with Gasteiger partial charge in [0.15, 0.2) is 0 Å². The molecule has 1 aromatic rings. The minimum atomic E-state index is -4.04. The van der Waals surface area contributed by atoms with Gasteiger partial charge < -0.3 is 5.32 Å². The van der Waals surface area contributed by atoms with Crippen molar-refractivity contribution in [2.75, 3.05) is 12.3 Å². The molecule has 0 saturated carbocycles. The van der Waals surface area contributed by atoms with Crippen LogP contribution in [-0.2, 0) is 16.5 Å². The topological polar surface area (TPSA) is 83.5 Å². The number of hydrogen-bond donors (Lipinski definition) is 2. The molecule has 0 heterocycles. The van der Waals surface area contributed by atoms with E-state index < -0.39 is 15.9 Å². The van der Waals surface area contributed by atoms with Gasteiger partial charge in [-0.15, -0.1) is 0 Å². The molecule has 5 nitrogen and oxygen atoms in total. The van der Waals surface area contributed by atoms with Gasteiger partial charge in [-0.3, -0.25) is 9.35 Å². The minimum Gasteiger partial charge on any atom is -0.351 e. The van der Waals surface area contributed by atoms with E-state index in [4.69, 9.17) is 4.55 Å². The Hall–Kier alpha value is -1.40. The Labute approximate surface area is 113 Å². The smallest absolute Gasteiger partial charge is 0.266 e. The number of nitrogens with one attached hydrogen (secondary N) is 1. The maximum absolute atomic E-state index is 11.7. The number of carbonyl (C=O) groups excluding carboxylic acids is 1. The number of carbonyl (C=O) groups is 1. The first-order valence-electron chi connectivity index (χ1n) is 6.10. The average Bonchev–Trinajstić information content (AvgIpc) is 2.27. The molecule has 0 saturated heterocycles. The molecule has 0 unspecified atom stereocenters. The van der Waals surface area contributed by atoms with Gasteiger partial charge >= 0.3 is 0 Å². The molecule has 1 aromatic carbocycles. The van der Waals surface area contributed by atoms with Crippen molar-refractivity contribution in [2.24, 2.45) is 5.92 Å². The highest BCUT2D eigenvalue weighted by Crippen LogP contribution is 2.09. The van der Waals surface area contributed by atoms with E-state index >= 15 is 0 Å². The monoisotopic (exact) mass is 285 g/mol. The number of hydrogen-bond acceptors (Lipinski definition) is 3.